The molecule has 0 saturated carbocycles. The van der Waals surface area contributed by atoms with Gasteiger partial charge < -0.3 is 10.5 Å². The van der Waals surface area contributed by atoms with Gasteiger partial charge in [0.15, 0.2) is 5.78 Å². The fraction of sp³-hybridized carbons (Fsp3) is 0.500. The lowest BCUT2D eigenvalue weighted by atomic mass is 10.2. The van der Waals surface area contributed by atoms with E-state index in [1.807, 2.05) is 0 Å². The third kappa shape index (κ3) is 5.46. The molecule has 0 aliphatic carbocycles. The molecule has 0 aliphatic heterocycles. The first-order valence-electron chi connectivity index (χ1n) is 3.68. The van der Waals surface area contributed by atoms with E-state index in [1.54, 1.807) is 13.8 Å². The molecule has 0 aromatic rings. The molecule has 0 bridgehead atoms. The summed E-state index contributed by atoms with van der Waals surface area (Å²) in [6.45, 7) is 3.56. The molecule has 0 aliphatic rings. The molecule has 2 N–H and O–H groups in total. The summed E-state index contributed by atoms with van der Waals surface area (Å²) in [5.74, 6) is -0.839. The Bertz CT molecular complexity index is 204. The van der Waals surface area contributed by atoms with Gasteiger partial charge in [0.2, 0.25) is 0 Å². The van der Waals surface area contributed by atoms with Crippen LogP contribution in [0.25, 0.3) is 0 Å². The van der Waals surface area contributed by atoms with E-state index >= 15 is 0 Å². The van der Waals surface area contributed by atoms with Gasteiger partial charge in [-0.1, -0.05) is 0 Å². The number of rotatable bonds is 4. The molecular formula is C8H13NO3. The van der Waals surface area contributed by atoms with Crippen LogP contribution in [-0.4, -0.2) is 18.4 Å². The third-order valence-corrected chi connectivity index (χ3v) is 1.01. The molecule has 12 heavy (non-hydrogen) atoms. The van der Waals surface area contributed by atoms with Crippen molar-refractivity contribution < 1.29 is 14.3 Å². The van der Waals surface area contributed by atoms with Gasteiger partial charge in [-0.25, -0.2) is 0 Å². The van der Waals surface area contributed by atoms with Crippen molar-refractivity contribution in [1.29, 1.82) is 0 Å². The van der Waals surface area contributed by atoms with Crippen LogP contribution < -0.4 is 5.73 Å². The van der Waals surface area contributed by atoms with Crippen molar-refractivity contribution in [3.8, 4) is 0 Å². The summed E-state index contributed by atoms with van der Waals surface area (Å²) in [5.41, 5.74) is 5.62. The van der Waals surface area contributed by atoms with Crippen molar-refractivity contribution in [2.45, 2.75) is 20.3 Å². The zero-order chi connectivity index (χ0) is 9.56. The molecule has 0 saturated heterocycles. The summed E-state index contributed by atoms with van der Waals surface area (Å²) in [6.07, 6.45) is 0.985. The van der Waals surface area contributed by atoms with E-state index in [1.165, 1.54) is 6.08 Å². The highest BCUT2D eigenvalue weighted by molar-refractivity contribution is 6.02. The molecule has 0 heterocycles. The Labute approximate surface area is 71.4 Å². The van der Waals surface area contributed by atoms with Crippen molar-refractivity contribution in [3.63, 3.8) is 0 Å². The smallest absolute Gasteiger partial charge is 0.313 e. The molecule has 0 aromatic carbocycles. The second-order valence-corrected chi connectivity index (χ2v) is 2.34. The Balaban J connectivity index is 3.85. The molecule has 4 nitrogen and oxygen atoms in total. The van der Waals surface area contributed by atoms with Crippen LogP contribution in [0.15, 0.2) is 11.8 Å². The van der Waals surface area contributed by atoms with Gasteiger partial charge in [-0.2, -0.15) is 0 Å². The summed E-state index contributed by atoms with van der Waals surface area (Å²) >= 11 is 0. The maximum Gasteiger partial charge on any atom is 0.313 e. The predicted octanol–water partition coefficient (Wildman–Crippen LogP) is 0.371. The van der Waals surface area contributed by atoms with Crippen molar-refractivity contribution in [2.75, 3.05) is 6.61 Å². The monoisotopic (exact) mass is 171 g/mol. The fourth-order valence-electron chi connectivity index (χ4n) is 0.659. The van der Waals surface area contributed by atoms with Crippen molar-refractivity contribution in [1.82, 2.24) is 0 Å². The normalized spacial score (nSPS) is 11.0. The van der Waals surface area contributed by atoms with E-state index in [9.17, 15) is 9.59 Å². The number of carbonyl (C=O) groups is 2. The zero-order valence-electron chi connectivity index (χ0n) is 7.29. The van der Waals surface area contributed by atoms with Gasteiger partial charge in [0.1, 0.15) is 6.42 Å². The maximum atomic E-state index is 10.9. The van der Waals surface area contributed by atoms with Crippen LogP contribution in [0, 0.1) is 0 Å². The minimum Gasteiger partial charge on any atom is -0.466 e. The number of ketones is 1. The first-order chi connectivity index (χ1) is 5.56. The molecule has 4 heteroatoms. The lowest BCUT2D eigenvalue weighted by molar-refractivity contribution is -0.144. The van der Waals surface area contributed by atoms with Gasteiger partial charge in [0.05, 0.1) is 6.61 Å². The average molecular weight is 171 g/mol. The van der Waals surface area contributed by atoms with Crippen molar-refractivity contribution >= 4 is 11.8 Å². The molecule has 0 atom stereocenters. The fourth-order valence-corrected chi connectivity index (χ4v) is 0.659. The van der Waals surface area contributed by atoms with E-state index in [4.69, 9.17) is 5.73 Å². The van der Waals surface area contributed by atoms with E-state index in [2.05, 4.69) is 4.74 Å². The second kappa shape index (κ2) is 5.35. The number of hydrogen-bond acceptors (Lipinski definition) is 4. The Morgan fingerprint density at radius 2 is 2.08 bits per heavy atom. The Morgan fingerprint density at radius 3 is 2.50 bits per heavy atom. The average Bonchev–Trinajstić information content (AvgIpc) is 1.84. The lowest BCUT2D eigenvalue weighted by Gasteiger charge is -1.97. The molecule has 0 amide bonds. The molecule has 0 unspecified atom stereocenters. The Hall–Kier alpha value is -1.32. The zero-order valence-corrected chi connectivity index (χ0v) is 7.29. The molecule has 68 valence electrons. The van der Waals surface area contributed by atoms with Gasteiger partial charge in [-0.3, -0.25) is 9.59 Å². The predicted molar refractivity (Wildman–Crippen MR) is 44.2 cm³/mol. The SMILES string of the molecule is CCOC(=O)CC(=O)/C=C(/C)N. The highest BCUT2D eigenvalue weighted by Crippen LogP contribution is 1.91. The van der Waals surface area contributed by atoms with Crippen LogP contribution in [0.3, 0.4) is 0 Å². The minimum atomic E-state index is -0.514. The molecular weight excluding hydrogens is 158 g/mol. The quantitative estimate of drug-likeness (QED) is 0.377. The van der Waals surface area contributed by atoms with Crippen LogP contribution in [0.5, 0.6) is 0 Å². The lowest BCUT2D eigenvalue weighted by Crippen LogP contribution is -2.10. The molecule has 0 radical (unpaired) electrons. The summed E-state index contributed by atoms with van der Waals surface area (Å²) in [5, 5.41) is 0. The highest BCUT2D eigenvalue weighted by atomic mass is 16.5. The molecule has 0 spiro atoms. The van der Waals surface area contributed by atoms with Gasteiger partial charge >= 0.3 is 5.97 Å². The van der Waals surface area contributed by atoms with E-state index in [0.717, 1.165) is 0 Å². The van der Waals surface area contributed by atoms with Crippen LogP contribution in [-0.2, 0) is 14.3 Å². The largest absolute Gasteiger partial charge is 0.466 e. The number of ether oxygens (including phenoxy) is 1. The van der Waals surface area contributed by atoms with Gasteiger partial charge in [0, 0.05) is 11.8 Å². The van der Waals surface area contributed by atoms with Crippen LogP contribution >= 0.6 is 0 Å². The molecule has 0 fully saturated rings. The first kappa shape index (κ1) is 10.7. The minimum absolute atomic E-state index is 0.234. The van der Waals surface area contributed by atoms with Crippen LogP contribution in [0.1, 0.15) is 20.3 Å². The van der Waals surface area contributed by atoms with Gasteiger partial charge in [0.25, 0.3) is 0 Å². The summed E-state index contributed by atoms with van der Waals surface area (Å²) in [4.78, 5) is 21.6. The topological polar surface area (TPSA) is 69.4 Å². The number of nitrogens with two attached hydrogens (primary N) is 1. The second-order valence-electron chi connectivity index (χ2n) is 2.34. The molecule has 0 rings (SSSR count). The number of allylic oxidation sites excluding steroid dienone is 2. The Kier molecular flexibility index (Phi) is 4.76. The van der Waals surface area contributed by atoms with E-state index in [0.29, 0.717) is 5.70 Å². The van der Waals surface area contributed by atoms with E-state index in [-0.39, 0.29) is 18.8 Å². The number of hydrogen-bond donors (Lipinski definition) is 1. The Morgan fingerprint density at radius 1 is 1.50 bits per heavy atom. The van der Waals surface area contributed by atoms with E-state index < -0.39 is 5.97 Å². The van der Waals surface area contributed by atoms with Gasteiger partial charge in [-0.05, 0) is 13.8 Å². The number of esters is 1. The van der Waals surface area contributed by atoms with Crippen molar-refractivity contribution in [3.05, 3.63) is 11.8 Å². The first-order valence-corrected chi connectivity index (χ1v) is 3.68. The summed E-state index contributed by atoms with van der Waals surface area (Å²) in [7, 11) is 0. The molecule has 0 aromatic heterocycles. The highest BCUT2D eigenvalue weighted by Gasteiger charge is 2.06. The standard InChI is InChI=1S/C8H13NO3/c1-3-12-8(11)5-7(10)4-6(2)9/h4H,3,5,9H2,1-2H3/b6-4-. The third-order valence-electron chi connectivity index (χ3n) is 1.01. The van der Waals surface area contributed by atoms with Crippen LogP contribution in [0.2, 0.25) is 0 Å². The number of carbonyl (C=O) groups excluding carboxylic acids is 2. The summed E-state index contributed by atoms with van der Waals surface area (Å²) < 4.78 is 4.56. The maximum absolute atomic E-state index is 10.9. The summed E-state index contributed by atoms with van der Waals surface area (Å²) in [6, 6.07) is 0. The van der Waals surface area contributed by atoms with Gasteiger partial charge in [-0.15, -0.1) is 0 Å². The van der Waals surface area contributed by atoms with Crippen LogP contribution in [0.4, 0.5) is 0 Å². The van der Waals surface area contributed by atoms with Crippen molar-refractivity contribution in [2.24, 2.45) is 5.73 Å².